The predicted molar refractivity (Wildman–Crippen MR) is 47.2 cm³/mol. The second-order valence-electron chi connectivity index (χ2n) is 2.83. The third-order valence-electron chi connectivity index (χ3n) is 1.56. The maximum absolute atomic E-state index is 12.7. The van der Waals surface area contributed by atoms with Crippen molar-refractivity contribution in [2.45, 2.75) is 12.8 Å². The summed E-state index contributed by atoms with van der Waals surface area (Å²) >= 11 is 5.35. The van der Waals surface area contributed by atoms with Gasteiger partial charge >= 0.3 is 12.3 Å². The normalized spacial score (nSPS) is 11.4. The van der Waals surface area contributed by atoms with Crippen molar-refractivity contribution in [1.82, 2.24) is 4.98 Å². The highest BCUT2D eigenvalue weighted by molar-refractivity contribution is 6.30. The lowest BCUT2D eigenvalue weighted by Gasteiger charge is -2.12. The van der Waals surface area contributed by atoms with E-state index in [1.807, 2.05) is 0 Å². The quantitative estimate of drug-likeness (QED) is 0.678. The maximum atomic E-state index is 12.7. The number of pyridine rings is 1. The van der Waals surface area contributed by atoms with Crippen molar-refractivity contribution in [3.8, 4) is 5.75 Å². The van der Waals surface area contributed by atoms with Gasteiger partial charge in [0.25, 0.3) is 0 Å². The van der Waals surface area contributed by atoms with Gasteiger partial charge in [0.05, 0.1) is 6.42 Å². The van der Waals surface area contributed by atoms with Crippen LogP contribution in [-0.2, 0) is 11.2 Å². The van der Waals surface area contributed by atoms with Crippen molar-refractivity contribution in [3.05, 3.63) is 22.7 Å². The zero-order valence-corrected chi connectivity index (χ0v) is 8.64. The first kappa shape index (κ1) is 13.5. The monoisotopic (exact) mass is 273 g/mol. The minimum absolute atomic E-state index is 0.317. The van der Waals surface area contributed by atoms with Crippen LogP contribution in [0.2, 0.25) is 5.15 Å². The third-order valence-corrected chi connectivity index (χ3v) is 1.87. The van der Waals surface area contributed by atoms with Crippen LogP contribution in [0.1, 0.15) is 5.56 Å². The molecule has 0 bridgehead atoms. The van der Waals surface area contributed by atoms with Crippen LogP contribution in [0.5, 0.6) is 5.75 Å². The fourth-order valence-corrected chi connectivity index (χ4v) is 1.26. The minimum Gasteiger partial charge on any atom is -0.481 e. The Kier molecular flexibility index (Phi) is 3.76. The highest BCUT2D eigenvalue weighted by atomic mass is 35.5. The topological polar surface area (TPSA) is 59.4 Å². The molecule has 0 aliphatic rings. The number of carboxylic acids is 1. The highest BCUT2D eigenvalue weighted by Gasteiger charge is 2.33. The number of alkyl halides is 3. The molecule has 0 saturated heterocycles. The van der Waals surface area contributed by atoms with Crippen LogP contribution in [0, 0.1) is 5.95 Å². The molecule has 0 unspecified atom stereocenters. The van der Waals surface area contributed by atoms with Gasteiger partial charge in [0.15, 0.2) is 0 Å². The summed E-state index contributed by atoms with van der Waals surface area (Å²) in [7, 11) is 0. The summed E-state index contributed by atoms with van der Waals surface area (Å²) in [5.74, 6) is -3.77. The van der Waals surface area contributed by atoms with Gasteiger partial charge in [-0.1, -0.05) is 11.6 Å². The molecule has 1 rings (SSSR count). The largest absolute Gasteiger partial charge is 0.573 e. The van der Waals surface area contributed by atoms with Gasteiger partial charge in [0.1, 0.15) is 10.9 Å². The zero-order valence-electron chi connectivity index (χ0n) is 7.89. The third kappa shape index (κ3) is 4.06. The summed E-state index contributed by atoms with van der Waals surface area (Å²) < 4.78 is 52.1. The van der Waals surface area contributed by atoms with E-state index in [9.17, 15) is 22.4 Å². The van der Waals surface area contributed by atoms with Crippen molar-refractivity contribution in [2.24, 2.45) is 0 Å². The molecule has 1 aromatic rings. The average Bonchev–Trinajstić information content (AvgIpc) is 2.07. The first-order valence-corrected chi connectivity index (χ1v) is 4.39. The number of carbonyl (C=O) groups is 1. The van der Waals surface area contributed by atoms with Gasteiger partial charge in [-0.05, 0) is 0 Å². The number of aromatic nitrogens is 1. The maximum Gasteiger partial charge on any atom is 0.573 e. The van der Waals surface area contributed by atoms with Crippen LogP contribution < -0.4 is 4.74 Å². The number of hydrogen-bond donors (Lipinski definition) is 1. The van der Waals surface area contributed by atoms with Gasteiger partial charge in [-0.2, -0.15) is 4.39 Å². The molecule has 1 N–H and O–H groups in total. The molecule has 0 aliphatic carbocycles. The van der Waals surface area contributed by atoms with E-state index in [4.69, 9.17) is 16.7 Å². The lowest BCUT2D eigenvalue weighted by molar-refractivity contribution is -0.275. The molecule has 0 aliphatic heterocycles. The van der Waals surface area contributed by atoms with Gasteiger partial charge in [0, 0.05) is 11.6 Å². The summed E-state index contributed by atoms with van der Waals surface area (Å²) in [6.45, 7) is 0. The van der Waals surface area contributed by atoms with E-state index in [1.165, 1.54) is 0 Å². The van der Waals surface area contributed by atoms with E-state index in [-0.39, 0.29) is 0 Å². The van der Waals surface area contributed by atoms with Gasteiger partial charge in [0.2, 0.25) is 5.95 Å². The van der Waals surface area contributed by atoms with E-state index in [0.29, 0.717) is 6.07 Å². The fraction of sp³-hybridized carbons (Fsp3) is 0.250. The molecule has 0 atom stereocenters. The molecule has 0 amide bonds. The zero-order chi connectivity index (χ0) is 13.2. The van der Waals surface area contributed by atoms with Gasteiger partial charge < -0.3 is 9.84 Å². The second kappa shape index (κ2) is 4.74. The number of halogens is 5. The van der Waals surface area contributed by atoms with E-state index >= 15 is 0 Å². The summed E-state index contributed by atoms with van der Waals surface area (Å²) in [5.41, 5.74) is -0.544. The number of carboxylic acid groups (broad SMARTS) is 1. The molecule has 1 heterocycles. The van der Waals surface area contributed by atoms with Crippen molar-refractivity contribution in [3.63, 3.8) is 0 Å². The van der Waals surface area contributed by atoms with Crippen LogP contribution in [0.4, 0.5) is 17.6 Å². The lowest BCUT2D eigenvalue weighted by Crippen LogP contribution is -2.19. The Labute approximate surface area is 96.8 Å². The number of hydrogen-bond acceptors (Lipinski definition) is 3. The van der Waals surface area contributed by atoms with Gasteiger partial charge in [-0.3, -0.25) is 4.79 Å². The van der Waals surface area contributed by atoms with Crippen LogP contribution >= 0.6 is 11.6 Å². The van der Waals surface area contributed by atoms with E-state index in [0.717, 1.165) is 0 Å². The first-order valence-electron chi connectivity index (χ1n) is 4.01. The molecule has 94 valence electrons. The summed E-state index contributed by atoms with van der Waals surface area (Å²) in [6.07, 6.45) is -5.94. The molecule has 9 heteroatoms. The summed E-state index contributed by atoms with van der Waals surface area (Å²) in [5, 5.41) is 7.78. The Balaban J connectivity index is 3.20. The van der Waals surface area contributed by atoms with Crippen LogP contribution in [0.25, 0.3) is 0 Å². The minimum atomic E-state index is -5.08. The standard InChI is InChI=1S/C8H4ClF4NO3/c9-7-3(1-6(15)16)4(2-5(10)14-7)17-8(11,12)13/h2H,1H2,(H,15,16). The average molecular weight is 274 g/mol. The smallest absolute Gasteiger partial charge is 0.481 e. The van der Waals surface area contributed by atoms with Crippen molar-refractivity contribution < 1.29 is 32.2 Å². The number of rotatable bonds is 3. The molecule has 0 saturated carbocycles. The molecule has 1 aromatic heterocycles. The van der Waals surface area contributed by atoms with Crippen molar-refractivity contribution in [2.75, 3.05) is 0 Å². The summed E-state index contributed by atoms with van der Waals surface area (Å²) in [6, 6.07) is 0.317. The molecule has 17 heavy (non-hydrogen) atoms. The molecule has 0 radical (unpaired) electrons. The SMILES string of the molecule is O=C(O)Cc1c(OC(F)(F)F)cc(F)nc1Cl. The van der Waals surface area contributed by atoms with Crippen molar-refractivity contribution in [1.29, 1.82) is 0 Å². The Hall–Kier alpha value is -1.57. The number of aliphatic carboxylic acids is 1. The van der Waals surface area contributed by atoms with E-state index < -0.39 is 41.2 Å². The van der Waals surface area contributed by atoms with Gasteiger partial charge in [-0.15, -0.1) is 13.2 Å². The molecule has 0 fully saturated rings. The van der Waals surface area contributed by atoms with Gasteiger partial charge in [-0.25, -0.2) is 4.98 Å². The van der Waals surface area contributed by atoms with E-state index in [1.54, 1.807) is 0 Å². The molecule has 4 nitrogen and oxygen atoms in total. The van der Waals surface area contributed by atoms with Crippen LogP contribution in [-0.4, -0.2) is 22.4 Å². The Morgan fingerprint density at radius 1 is 1.53 bits per heavy atom. The Bertz CT molecular complexity index is 449. The number of nitrogens with zero attached hydrogens (tertiary/aromatic N) is 1. The summed E-state index contributed by atoms with van der Waals surface area (Å²) in [4.78, 5) is 13.4. The molecular formula is C8H4ClF4NO3. The molecule has 0 spiro atoms. The van der Waals surface area contributed by atoms with E-state index in [2.05, 4.69) is 9.72 Å². The van der Waals surface area contributed by atoms with Crippen LogP contribution in [0.3, 0.4) is 0 Å². The molecule has 0 aromatic carbocycles. The predicted octanol–water partition coefficient (Wildman–Crippen LogP) is 2.40. The number of ether oxygens (including phenoxy) is 1. The molecular weight excluding hydrogens is 270 g/mol. The fourth-order valence-electron chi connectivity index (χ4n) is 1.02. The van der Waals surface area contributed by atoms with Crippen LogP contribution in [0.15, 0.2) is 6.07 Å². The first-order chi connectivity index (χ1) is 7.69. The van der Waals surface area contributed by atoms with Crippen molar-refractivity contribution >= 4 is 17.6 Å². The Morgan fingerprint density at radius 3 is 2.59 bits per heavy atom. The Morgan fingerprint density at radius 2 is 2.12 bits per heavy atom. The lowest BCUT2D eigenvalue weighted by atomic mass is 10.2. The second-order valence-corrected chi connectivity index (χ2v) is 3.19. The highest BCUT2D eigenvalue weighted by Crippen LogP contribution is 2.31.